The van der Waals surface area contributed by atoms with Crippen molar-refractivity contribution in [3.05, 3.63) is 11.6 Å². The van der Waals surface area contributed by atoms with Gasteiger partial charge in [-0.05, 0) is 25.2 Å². The fourth-order valence-corrected chi connectivity index (χ4v) is 3.95. The summed E-state index contributed by atoms with van der Waals surface area (Å²) in [6.45, 7) is 6.38. The summed E-state index contributed by atoms with van der Waals surface area (Å²) in [7, 11) is 0. The molecule has 3 heterocycles. The number of carbonyl (C=O) groups excluding carboxylic acids is 2. The lowest BCUT2D eigenvalue weighted by Crippen LogP contribution is -2.44. The van der Waals surface area contributed by atoms with E-state index < -0.39 is 0 Å². The lowest BCUT2D eigenvalue weighted by atomic mass is 10.0. The molecule has 2 fully saturated rings. The molecule has 2 atom stereocenters. The van der Waals surface area contributed by atoms with Gasteiger partial charge in [0.1, 0.15) is 11.6 Å². The van der Waals surface area contributed by atoms with E-state index in [1.807, 2.05) is 4.90 Å². The summed E-state index contributed by atoms with van der Waals surface area (Å²) in [5.74, 6) is 2.96. The van der Waals surface area contributed by atoms with Crippen LogP contribution in [-0.2, 0) is 22.6 Å². The van der Waals surface area contributed by atoms with E-state index >= 15 is 0 Å². The maximum atomic E-state index is 12.6. The maximum absolute atomic E-state index is 12.6. The smallest absolute Gasteiger partial charge is 0.225 e. The Kier molecular flexibility index (Phi) is 4.25. The van der Waals surface area contributed by atoms with Gasteiger partial charge in [-0.1, -0.05) is 13.8 Å². The van der Waals surface area contributed by atoms with Crippen LogP contribution in [-0.4, -0.2) is 50.6 Å². The van der Waals surface area contributed by atoms with Gasteiger partial charge in [0.2, 0.25) is 11.8 Å². The molecule has 1 saturated heterocycles. The number of aryl methyl sites for hydroxylation is 1. The Morgan fingerprint density at radius 1 is 1.24 bits per heavy atom. The molecule has 2 aliphatic heterocycles. The molecule has 1 N–H and O–H groups in total. The van der Waals surface area contributed by atoms with Crippen LogP contribution in [0.25, 0.3) is 0 Å². The molecule has 2 amide bonds. The first kappa shape index (κ1) is 16.5. The third-order valence-electron chi connectivity index (χ3n) is 5.60. The van der Waals surface area contributed by atoms with E-state index in [4.69, 9.17) is 0 Å². The highest BCUT2D eigenvalue weighted by atomic mass is 16.2. The SMILES string of the molecule is CC(C)c1nnc2n1C[C@@H](NC(=O)[C@H]1CC(=O)N(CC3CC3)C1)CC2. The summed E-state index contributed by atoms with van der Waals surface area (Å²) < 4.78 is 2.15. The number of likely N-dealkylation sites (tertiary alicyclic amines) is 1. The van der Waals surface area contributed by atoms with Gasteiger partial charge < -0.3 is 14.8 Å². The van der Waals surface area contributed by atoms with E-state index in [-0.39, 0.29) is 23.8 Å². The Bertz CT molecular complexity index is 679. The number of hydrogen-bond acceptors (Lipinski definition) is 4. The maximum Gasteiger partial charge on any atom is 0.225 e. The second-order valence-corrected chi connectivity index (χ2v) is 8.13. The van der Waals surface area contributed by atoms with Gasteiger partial charge in [-0.25, -0.2) is 0 Å². The predicted molar refractivity (Wildman–Crippen MR) is 91.8 cm³/mol. The highest BCUT2D eigenvalue weighted by Crippen LogP contribution is 2.32. The van der Waals surface area contributed by atoms with Crippen LogP contribution in [0.2, 0.25) is 0 Å². The van der Waals surface area contributed by atoms with Crippen LogP contribution in [0, 0.1) is 11.8 Å². The van der Waals surface area contributed by atoms with Crippen LogP contribution in [0.1, 0.15) is 57.1 Å². The molecule has 0 radical (unpaired) electrons. The molecule has 0 spiro atoms. The van der Waals surface area contributed by atoms with Crippen LogP contribution < -0.4 is 5.32 Å². The molecule has 1 aromatic rings. The molecule has 0 aromatic carbocycles. The third-order valence-corrected chi connectivity index (χ3v) is 5.60. The Balaban J connectivity index is 1.35. The monoisotopic (exact) mass is 345 g/mol. The summed E-state index contributed by atoms with van der Waals surface area (Å²) in [4.78, 5) is 26.6. The van der Waals surface area contributed by atoms with Gasteiger partial charge in [-0.15, -0.1) is 10.2 Å². The Morgan fingerprint density at radius 3 is 2.76 bits per heavy atom. The molecule has 1 saturated carbocycles. The van der Waals surface area contributed by atoms with E-state index in [0.29, 0.717) is 24.8 Å². The van der Waals surface area contributed by atoms with Gasteiger partial charge in [0.25, 0.3) is 0 Å². The van der Waals surface area contributed by atoms with Crippen LogP contribution in [0.4, 0.5) is 0 Å². The van der Waals surface area contributed by atoms with E-state index in [1.54, 1.807) is 0 Å². The van der Waals surface area contributed by atoms with Crippen molar-refractivity contribution in [1.29, 1.82) is 0 Å². The molecule has 25 heavy (non-hydrogen) atoms. The highest BCUT2D eigenvalue weighted by molar-refractivity contribution is 5.89. The number of nitrogens with zero attached hydrogens (tertiary/aromatic N) is 4. The molecule has 1 aliphatic carbocycles. The Morgan fingerprint density at radius 2 is 2.04 bits per heavy atom. The molecule has 7 nitrogen and oxygen atoms in total. The average Bonchev–Trinajstić information content (AvgIpc) is 3.16. The fourth-order valence-electron chi connectivity index (χ4n) is 3.95. The first-order valence-electron chi connectivity index (χ1n) is 9.51. The van der Waals surface area contributed by atoms with Crippen molar-refractivity contribution < 1.29 is 9.59 Å². The molecule has 0 unspecified atom stereocenters. The van der Waals surface area contributed by atoms with Gasteiger partial charge in [-0.2, -0.15) is 0 Å². The zero-order chi connectivity index (χ0) is 17.6. The number of hydrogen-bond donors (Lipinski definition) is 1. The van der Waals surface area contributed by atoms with Gasteiger partial charge in [0, 0.05) is 44.4 Å². The van der Waals surface area contributed by atoms with E-state index in [0.717, 1.165) is 37.6 Å². The van der Waals surface area contributed by atoms with Crippen molar-refractivity contribution in [1.82, 2.24) is 25.0 Å². The molecule has 3 aliphatic rings. The first-order valence-corrected chi connectivity index (χ1v) is 9.51. The summed E-state index contributed by atoms with van der Waals surface area (Å²) in [5, 5.41) is 11.7. The van der Waals surface area contributed by atoms with Crippen molar-refractivity contribution in [3.8, 4) is 0 Å². The lowest BCUT2D eigenvalue weighted by molar-refractivity contribution is -0.129. The second kappa shape index (κ2) is 6.42. The molecular formula is C18H27N5O2. The number of aromatic nitrogens is 3. The van der Waals surface area contributed by atoms with Crippen LogP contribution >= 0.6 is 0 Å². The minimum Gasteiger partial charge on any atom is -0.351 e. The summed E-state index contributed by atoms with van der Waals surface area (Å²) in [6.07, 6.45) is 4.53. The number of fused-ring (bicyclic) bond motifs is 1. The molecule has 4 rings (SSSR count). The molecule has 1 aromatic heterocycles. The second-order valence-electron chi connectivity index (χ2n) is 8.13. The van der Waals surface area contributed by atoms with Crippen molar-refractivity contribution in [2.45, 2.75) is 64.5 Å². The van der Waals surface area contributed by atoms with Gasteiger partial charge in [0.05, 0.1) is 5.92 Å². The average molecular weight is 345 g/mol. The van der Waals surface area contributed by atoms with Crippen molar-refractivity contribution >= 4 is 11.8 Å². The minimum atomic E-state index is -0.196. The molecular weight excluding hydrogens is 318 g/mol. The zero-order valence-electron chi connectivity index (χ0n) is 15.1. The van der Waals surface area contributed by atoms with Gasteiger partial charge in [0.15, 0.2) is 0 Å². The van der Waals surface area contributed by atoms with Crippen LogP contribution in [0.5, 0.6) is 0 Å². The molecule has 0 bridgehead atoms. The first-order chi connectivity index (χ1) is 12.0. The number of amides is 2. The Hall–Kier alpha value is -1.92. The predicted octanol–water partition coefficient (Wildman–Crippen LogP) is 1.09. The van der Waals surface area contributed by atoms with E-state index in [2.05, 4.69) is 33.9 Å². The van der Waals surface area contributed by atoms with Crippen molar-refractivity contribution in [3.63, 3.8) is 0 Å². The van der Waals surface area contributed by atoms with Crippen molar-refractivity contribution in [2.75, 3.05) is 13.1 Å². The highest BCUT2D eigenvalue weighted by Gasteiger charge is 2.38. The fraction of sp³-hybridized carbons (Fsp3) is 0.778. The standard InChI is InChI=1S/C18H27N5O2/c1-11(2)17-21-20-15-6-5-14(10-23(15)17)19-18(25)13-7-16(24)22(9-13)8-12-3-4-12/h11-14H,3-10H2,1-2H3,(H,19,25)/t13-,14-/m0/s1. The lowest BCUT2D eigenvalue weighted by Gasteiger charge is -2.27. The van der Waals surface area contributed by atoms with E-state index in [9.17, 15) is 9.59 Å². The summed E-state index contributed by atoms with van der Waals surface area (Å²) in [5.41, 5.74) is 0. The topological polar surface area (TPSA) is 80.1 Å². The normalized spacial score (nSPS) is 26.2. The third kappa shape index (κ3) is 3.41. The zero-order valence-corrected chi connectivity index (χ0v) is 15.1. The van der Waals surface area contributed by atoms with Gasteiger partial charge in [-0.3, -0.25) is 9.59 Å². The quantitative estimate of drug-likeness (QED) is 0.866. The van der Waals surface area contributed by atoms with Gasteiger partial charge >= 0.3 is 0 Å². The summed E-state index contributed by atoms with van der Waals surface area (Å²) in [6, 6.07) is 0.0982. The largest absolute Gasteiger partial charge is 0.351 e. The molecule has 136 valence electrons. The van der Waals surface area contributed by atoms with Crippen molar-refractivity contribution in [2.24, 2.45) is 11.8 Å². The van der Waals surface area contributed by atoms with E-state index in [1.165, 1.54) is 12.8 Å². The van der Waals surface area contributed by atoms with Crippen LogP contribution in [0.3, 0.4) is 0 Å². The Labute approximate surface area is 148 Å². The molecule has 7 heteroatoms. The summed E-state index contributed by atoms with van der Waals surface area (Å²) >= 11 is 0. The van der Waals surface area contributed by atoms with Crippen LogP contribution in [0.15, 0.2) is 0 Å². The number of rotatable bonds is 5. The minimum absolute atomic E-state index is 0.0271. The number of carbonyl (C=O) groups is 2. The number of nitrogens with one attached hydrogen (secondary N) is 1.